The van der Waals surface area contributed by atoms with Crippen LogP contribution in [0.4, 0.5) is 8.78 Å². The number of rotatable bonds is 6. The van der Waals surface area contributed by atoms with E-state index in [1.165, 1.54) is 12.3 Å². The van der Waals surface area contributed by atoms with Gasteiger partial charge in [-0.05, 0) is 12.5 Å². The van der Waals surface area contributed by atoms with Gasteiger partial charge in [0.2, 0.25) is 0 Å². The van der Waals surface area contributed by atoms with E-state index in [1.807, 2.05) is 6.92 Å². The quantitative estimate of drug-likeness (QED) is 0.833. The van der Waals surface area contributed by atoms with Crippen molar-refractivity contribution in [1.29, 1.82) is 0 Å². The molecule has 0 saturated heterocycles. The second kappa shape index (κ2) is 6.34. The minimum Gasteiger partial charge on any atom is -0.467 e. The molecule has 0 unspecified atom stereocenters. The Morgan fingerprint density at radius 2 is 2.29 bits per heavy atom. The molecule has 0 atom stereocenters. The Balaban J connectivity index is 2.75. The molecule has 2 N–H and O–H groups in total. The molecule has 0 aliphatic rings. The topological polar surface area (TPSA) is 59.5 Å². The summed E-state index contributed by atoms with van der Waals surface area (Å²) in [6.07, 6.45) is -0.662. The smallest absolute Gasteiger partial charge is 0.257 e. The summed E-state index contributed by atoms with van der Waals surface area (Å²) in [5.41, 5.74) is 5.60. The maximum Gasteiger partial charge on any atom is 0.257 e. The van der Waals surface area contributed by atoms with Crippen molar-refractivity contribution in [3.05, 3.63) is 23.7 Å². The Morgan fingerprint density at radius 1 is 1.59 bits per heavy atom. The van der Waals surface area contributed by atoms with Crippen LogP contribution in [0.15, 0.2) is 16.7 Å². The predicted octanol–water partition coefficient (Wildman–Crippen LogP) is 1.86. The number of alkyl halides is 2. The molecular formula is C11H16F2N2O2. The third kappa shape index (κ3) is 3.81. The van der Waals surface area contributed by atoms with Gasteiger partial charge >= 0.3 is 0 Å². The summed E-state index contributed by atoms with van der Waals surface area (Å²) in [6, 6.07) is 1.48. The molecule has 0 aliphatic heterocycles. The lowest BCUT2D eigenvalue weighted by Gasteiger charge is -2.20. The monoisotopic (exact) mass is 246 g/mol. The lowest BCUT2D eigenvalue weighted by atomic mass is 10.2. The summed E-state index contributed by atoms with van der Waals surface area (Å²) >= 11 is 0. The van der Waals surface area contributed by atoms with E-state index in [-0.39, 0.29) is 12.1 Å². The van der Waals surface area contributed by atoms with Crippen molar-refractivity contribution in [2.24, 2.45) is 5.73 Å². The van der Waals surface area contributed by atoms with Crippen LogP contribution in [0.25, 0.3) is 0 Å². The van der Waals surface area contributed by atoms with Crippen LogP contribution in [0.2, 0.25) is 0 Å². The standard InChI is InChI=1S/C11H16F2N2O2/c1-2-3-15(6-10(12)13)11(16)8-4-9(5-14)17-7-8/h4,7,10H,2-3,5-6,14H2,1H3. The summed E-state index contributed by atoms with van der Waals surface area (Å²) in [4.78, 5) is 13.0. The largest absolute Gasteiger partial charge is 0.467 e. The zero-order valence-corrected chi connectivity index (χ0v) is 9.66. The van der Waals surface area contributed by atoms with Gasteiger partial charge in [-0.25, -0.2) is 8.78 Å². The van der Waals surface area contributed by atoms with Gasteiger partial charge in [-0.3, -0.25) is 4.79 Å². The molecule has 0 saturated carbocycles. The Kier molecular flexibility index (Phi) is 5.09. The molecule has 0 bridgehead atoms. The molecule has 0 radical (unpaired) electrons. The number of nitrogens with two attached hydrogens (primary N) is 1. The van der Waals surface area contributed by atoms with E-state index in [1.54, 1.807) is 0 Å². The third-order valence-electron chi connectivity index (χ3n) is 2.24. The first-order valence-corrected chi connectivity index (χ1v) is 5.43. The van der Waals surface area contributed by atoms with E-state index >= 15 is 0 Å². The molecule has 4 nitrogen and oxygen atoms in total. The molecular weight excluding hydrogens is 230 g/mol. The number of amides is 1. The van der Waals surface area contributed by atoms with Crippen molar-refractivity contribution in [3.63, 3.8) is 0 Å². The van der Waals surface area contributed by atoms with Crippen LogP contribution >= 0.6 is 0 Å². The third-order valence-corrected chi connectivity index (χ3v) is 2.24. The number of nitrogens with zero attached hydrogens (tertiary/aromatic N) is 1. The van der Waals surface area contributed by atoms with Crippen LogP contribution in [0.1, 0.15) is 29.5 Å². The van der Waals surface area contributed by atoms with Crippen LogP contribution in [-0.4, -0.2) is 30.3 Å². The van der Waals surface area contributed by atoms with Gasteiger partial charge in [0.05, 0.1) is 18.7 Å². The number of halogens is 2. The summed E-state index contributed by atoms with van der Waals surface area (Å²) in [5, 5.41) is 0. The number of carbonyl (C=O) groups is 1. The summed E-state index contributed by atoms with van der Waals surface area (Å²) in [7, 11) is 0. The van der Waals surface area contributed by atoms with Crippen LogP contribution in [0.5, 0.6) is 0 Å². The maximum atomic E-state index is 12.3. The fourth-order valence-corrected chi connectivity index (χ4v) is 1.49. The molecule has 0 aliphatic carbocycles. The minimum absolute atomic E-state index is 0.176. The molecule has 1 amide bonds. The van der Waals surface area contributed by atoms with E-state index in [9.17, 15) is 13.6 Å². The predicted molar refractivity (Wildman–Crippen MR) is 58.8 cm³/mol. The highest BCUT2D eigenvalue weighted by Crippen LogP contribution is 2.12. The minimum atomic E-state index is -2.54. The molecule has 6 heteroatoms. The van der Waals surface area contributed by atoms with Gasteiger partial charge in [0.15, 0.2) is 0 Å². The normalized spacial score (nSPS) is 10.9. The molecule has 1 rings (SSSR count). The van der Waals surface area contributed by atoms with Gasteiger partial charge in [-0.15, -0.1) is 0 Å². The first-order valence-electron chi connectivity index (χ1n) is 5.43. The molecule has 1 aromatic heterocycles. The van der Waals surface area contributed by atoms with Crippen molar-refractivity contribution in [1.82, 2.24) is 4.90 Å². The van der Waals surface area contributed by atoms with Crippen molar-refractivity contribution in [3.8, 4) is 0 Å². The molecule has 0 spiro atoms. The Morgan fingerprint density at radius 3 is 2.76 bits per heavy atom. The first-order chi connectivity index (χ1) is 8.08. The Hall–Kier alpha value is -1.43. The van der Waals surface area contributed by atoms with Crippen LogP contribution in [-0.2, 0) is 6.54 Å². The second-order valence-electron chi connectivity index (χ2n) is 3.65. The van der Waals surface area contributed by atoms with Crippen LogP contribution in [0, 0.1) is 0 Å². The average molecular weight is 246 g/mol. The fraction of sp³-hybridized carbons (Fsp3) is 0.545. The lowest BCUT2D eigenvalue weighted by molar-refractivity contribution is 0.0554. The Bertz CT molecular complexity index is 366. The van der Waals surface area contributed by atoms with Gasteiger partial charge in [-0.2, -0.15) is 0 Å². The Labute approximate surface area is 98.4 Å². The SMILES string of the molecule is CCCN(CC(F)F)C(=O)c1coc(CN)c1. The zero-order chi connectivity index (χ0) is 12.8. The highest BCUT2D eigenvalue weighted by molar-refractivity contribution is 5.94. The van der Waals surface area contributed by atoms with Crippen molar-refractivity contribution in [2.75, 3.05) is 13.1 Å². The average Bonchev–Trinajstić information content (AvgIpc) is 2.75. The van der Waals surface area contributed by atoms with Crippen LogP contribution < -0.4 is 5.73 Å². The first kappa shape index (κ1) is 13.6. The highest BCUT2D eigenvalue weighted by Gasteiger charge is 2.20. The van der Waals surface area contributed by atoms with Gasteiger partial charge in [-0.1, -0.05) is 6.92 Å². The molecule has 0 fully saturated rings. The van der Waals surface area contributed by atoms with Crippen LogP contribution in [0.3, 0.4) is 0 Å². The van der Waals surface area contributed by atoms with E-state index in [4.69, 9.17) is 10.2 Å². The summed E-state index contributed by atoms with van der Waals surface area (Å²) in [5.74, 6) is 0.0115. The van der Waals surface area contributed by atoms with Crippen molar-refractivity contribution >= 4 is 5.91 Å². The van der Waals surface area contributed by atoms with E-state index in [0.717, 1.165) is 4.90 Å². The maximum absolute atomic E-state index is 12.3. The van der Waals surface area contributed by atoms with Gasteiger partial charge in [0.1, 0.15) is 12.0 Å². The summed E-state index contributed by atoms with van der Waals surface area (Å²) < 4.78 is 29.6. The lowest BCUT2D eigenvalue weighted by Crippen LogP contribution is -2.35. The van der Waals surface area contributed by atoms with Gasteiger partial charge in [0.25, 0.3) is 12.3 Å². The summed E-state index contributed by atoms with van der Waals surface area (Å²) in [6.45, 7) is 1.74. The molecule has 96 valence electrons. The highest BCUT2D eigenvalue weighted by atomic mass is 19.3. The van der Waals surface area contributed by atoms with Gasteiger partial charge < -0.3 is 15.1 Å². The molecule has 1 heterocycles. The fourth-order valence-electron chi connectivity index (χ4n) is 1.49. The molecule has 17 heavy (non-hydrogen) atoms. The van der Waals surface area contributed by atoms with E-state index in [0.29, 0.717) is 18.7 Å². The number of hydrogen-bond acceptors (Lipinski definition) is 3. The number of carbonyl (C=O) groups excluding carboxylic acids is 1. The molecule has 0 aromatic carbocycles. The van der Waals surface area contributed by atoms with E-state index in [2.05, 4.69) is 0 Å². The van der Waals surface area contributed by atoms with Crippen molar-refractivity contribution < 1.29 is 18.0 Å². The number of furan rings is 1. The van der Waals surface area contributed by atoms with Gasteiger partial charge in [0, 0.05) is 6.54 Å². The van der Waals surface area contributed by atoms with Crippen molar-refractivity contribution in [2.45, 2.75) is 26.3 Å². The molecule has 1 aromatic rings. The second-order valence-corrected chi connectivity index (χ2v) is 3.65. The zero-order valence-electron chi connectivity index (χ0n) is 9.66. The van der Waals surface area contributed by atoms with E-state index < -0.39 is 18.9 Å². The number of hydrogen-bond donors (Lipinski definition) is 1.